The Morgan fingerprint density at radius 2 is 2.05 bits per heavy atom. The van der Waals surface area contributed by atoms with E-state index in [0.29, 0.717) is 6.04 Å². The van der Waals surface area contributed by atoms with Crippen LogP contribution in [0.1, 0.15) is 42.6 Å². The molecule has 20 heavy (non-hydrogen) atoms. The van der Waals surface area contributed by atoms with Crippen molar-refractivity contribution in [1.82, 2.24) is 19.4 Å². The van der Waals surface area contributed by atoms with Gasteiger partial charge in [-0.1, -0.05) is 0 Å². The Labute approximate surface area is 124 Å². The lowest BCUT2D eigenvalue weighted by atomic mass is 10.1. The maximum absolute atomic E-state index is 6.35. The molecule has 0 saturated carbocycles. The first-order valence-electron chi connectivity index (χ1n) is 7.23. The van der Waals surface area contributed by atoms with Crippen LogP contribution >= 0.6 is 11.6 Å². The van der Waals surface area contributed by atoms with E-state index in [1.807, 2.05) is 20.0 Å². The highest BCUT2D eigenvalue weighted by Crippen LogP contribution is 2.31. The smallest absolute Gasteiger partial charge is 0.160 e. The van der Waals surface area contributed by atoms with Crippen LogP contribution in [0.3, 0.4) is 0 Å². The number of aryl methyl sites for hydroxylation is 1. The Morgan fingerprint density at radius 3 is 2.70 bits per heavy atom. The van der Waals surface area contributed by atoms with E-state index in [2.05, 4.69) is 27.6 Å². The zero-order valence-corrected chi connectivity index (χ0v) is 13.1. The van der Waals surface area contributed by atoms with Crippen LogP contribution in [-0.2, 0) is 0 Å². The van der Waals surface area contributed by atoms with E-state index in [0.717, 1.165) is 48.5 Å². The first kappa shape index (κ1) is 13.8. The first-order valence-corrected chi connectivity index (χ1v) is 7.67. The van der Waals surface area contributed by atoms with Crippen LogP contribution in [0.4, 0.5) is 0 Å². The molecule has 0 radical (unpaired) electrons. The molecule has 108 valence electrons. The third kappa shape index (κ3) is 2.42. The van der Waals surface area contributed by atoms with Gasteiger partial charge in [-0.05, 0) is 58.5 Å². The van der Waals surface area contributed by atoms with Gasteiger partial charge in [0.25, 0.3) is 0 Å². The summed E-state index contributed by atoms with van der Waals surface area (Å²) in [5.74, 6) is 0.953. The Bertz CT molecular complexity index is 612. The number of hydrogen-bond donors (Lipinski definition) is 0. The van der Waals surface area contributed by atoms with Gasteiger partial charge >= 0.3 is 0 Å². The summed E-state index contributed by atoms with van der Waals surface area (Å²) < 4.78 is 2.28. The number of halogens is 1. The van der Waals surface area contributed by atoms with Crippen molar-refractivity contribution in [1.29, 1.82) is 0 Å². The Hall–Kier alpha value is -1.13. The topological polar surface area (TPSA) is 34.0 Å². The minimum atomic E-state index is -0.0934. The van der Waals surface area contributed by atoms with Gasteiger partial charge in [-0.15, -0.1) is 11.6 Å². The quantitative estimate of drug-likeness (QED) is 0.797. The summed E-state index contributed by atoms with van der Waals surface area (Å²) in [6.45, 7) is 6.27. The summed E-state index contributed by atoms with van der Waals surface area (Å²) in [5, 5.41) is -0.0934. The standard InChI is InChI=1S/C15H21ClN4/c1-10-8-13-15(17-9-10)20(14(18-13)11(2)16)12-4-6-19(3)7-5-12/h8-9,11-12H,4-7H2,1-3H3. The molecule has 1 fully saturated rings. The molecule has 3 rings (SSSR count). The summed E-state index contributed by atoms with van der Waals surface area (Å²) in [6.07, 6.45) is 4.18. The molecule has 0 aromatic carbocycles. The van der Waals surface area contributed by atoms with Crippen molar-refractivity contribution in [2.45, 2.75) is 38.1 Å². The van der Waals surface area contributed by atoms with Crippen molar-refractivity contribution < 1.29 is 0 Å². The van der Waals surface area contributed by atoms with Gasteiger partial charge in [0.15, 0.2) is 5.65 Å². The van der Waals surface area contributed by atoms with Gasteiger partial charge in [-0.3, -0.25) is 0 Å². The number of alkyl halides is 1. The highest BCUT2D eigenvalue weighted by Gasteiger charge is 2.25. The van der Waals surface area contributed by atoms with Crippen LogP contribution in [0, 0.1) is 6.92 Å². The number of fused-ring (bicyclic) bond motifs is 1. The summed E-state index contributed by atoms with van der Waals surface area (Å²) in [5.41, 5.74) is 3.08. The first-order chi connectivity index (χ1) is 9.56. The van der Waals surface area contributed by atoms with Gasteiger partial charge < -0.3 is 9.47 Å². The third-order valence-corrected chi connectivity index (χ3v) is 4.30. The second-order valence-corrected chi connectivity index (χ2v) is 6.50. The molecule has 2 aromatic heterocycles. The van der Waals surface area contributed by atoms with E-state index in [4.69, 9.17) is 16.6 Å². The maximum Gasteiger partial charge on any atom is 0.160 e. The summed E-state index contributed by atoms with van der Waals surface area (Å²) in [6, 6.07) is 2.55. The predicted octanol–water partition coefficient (Wildman–Crippen LogP) is 3.31. The molecule has 2 aromatic rings. The van der Waals surface area contributed by atoms with Gasteiger partial charge in [0, 0.05) is 12.2 Å². The fourth-order valence-corrected chi connectivity index (χ4v) is 3.15. The number of likely N-dealkylation sites (tertiary alicyclic amines) is 1. The van der Waals surface area contributed by atoms with Gasteiger partial charge in [0.05, 0.1) is 5.38 Å². The van der Waals surface area contributed by atoms with Gasteiger partial charge in [-0.2, -0.15) is 0 Å². The number of pyridine rings is 1. The minimum absolute atomic E-state index is 0.0934. The fraction of sp³-hybridized carbons (Fsp3) is 0.600. The Balaban J connectivity index is 2.09. The van der Waals surface area contributed by atoms with Crippen LogP contribution < -0.4 is 0 Å². The molecule has 0 amide bonds. The van der Waals surface area contributed by atoms with Crippen LogP contribution in [0.25, 0.3) is 11.2 Å². The van der Waals surface area contributed by atoms with E-state index < -0.39 is 0 Å². The highest BCUT2D eigenvalue weighted by molar-refractivity contribution is 6.20. The van der Waals surface area contributed by atoms with Gasteiger partial charge in [0.1, 0.15) is 11.3 Å². The van der Waals surface area contributed by atoms with Gasteiger partial charge in [0.2, 0.25) is 0 Å². The molecule has 0 bridgehead atoms. The second kappa shape index (κ2) is 5.34. The molecule has 0 N–H and O–H groups in total. The molecule has 1 aliphatic heterocycles. The molecular weight excluding hydrogens is 272 g/mol. The number of rotatable bonds is 2. The molecule has 1 unspecified atom stereocenters. The van der Waals surface area contributed by atoms with Crippen molar-refractivity contribution in [3.63, 3.8) is 0 Å². The SMILES string of the molecule is Cc1cnc2c(c1)nc(C(C)Cl)n2C1CCN(C)CC1. The molecule has 1 saturated heterocycles. The zero-order valence-electron chi connectivity index (χ0n) is 12.3. The molecular formula is C15H21ClN4. The monoisotopic (exact) mass is 292 g/mol. The van der Waals surface area contributed by atoms with Crippen molar-refractivity contribution in [2.75, 3.05) is 20.1 Å². The third-order valence-electron chi connectivity index (χ3n) is 4.10. The van der Waals surface area contributed by atoms with E-state index >= 15 is 0 Å². The van der Waals surface area contributed by atoms with Crippen LogP contribution in [0.2, 0.25) is 0 Å². The zero-order chi connectivity index (χ0) is 14.3. The molecule has 1 aliphatic rings. The van der Waals surface area contributed by atoms with Crippen LogP contribution in [0.5, 0.6) is 0 Å². The van der Waals surface area contributed by atoms with E-state index in [9.17, 15) is 0 Å². The molecule has 1 atom stereocenters. The van der Waals surface area contributed by atoms with Crippen molar-refractivity contribution in [3.05, 3.63) is 23.7 Å². The highest BCUT2D eigenvalue weighted by atomic mass is 35.5. The summed E-state index contributed by atoms with van der Waals surface area (Å²) >= 11 is 6.35. The van der Waals surface area contributed by atoms with E-state index in [1.54, 1.807) is 0 Å². The number of imidazole rings is 1. The number of piperidine rings is 1. The maximum atomic E-state index is 6.35. The average Bonchev–Trinajstić information content (AvgIpc) is 2.78. The van der Waals surface area contributed by atoms with Crippen molar-refractivity contribution in [2.24, 2.45) is 0 Å². The number of aromatic nitrogens is 3. The summed E-state index contributed by atoms with van der Waals surface area (Å²) in [7, 11) is 2.18. The lowest BCUT2D eigenvalue weighted by Crippen LogP contribution is -2.32. The lowest BCUT2D eigenvalue weighted by molar-refractivity contribution is 0.221. The van der Waals surface area contributed by atoms with Crippen molar-refractivity contribution in [3.8, 4) is 0 Å². The largest absolute Gasteiger partial charge is 0.308 e. The number of hydrogen-bond acceptors (Lipinski definition) is 3. The Morgan fingerprint density at radius 1 is 1.35 bits per heavy atom. The minimum Gasteiger partial charge on any atom is -0.308 e. The molecule has 5 heteroatoms. The molecule has 4 nitrogen and oxygen atoms in total. The average molecular weight is 293 g/mol. The lowest BCUT2D eigenvalue weighted by Gasteiger charge is -2.31. The van der Waals surface area contributed by atoms with E-state index in [-0.39, 0.29) is 5.38 Å². The van der Waals surface area contributed by atoms with Crippen molar-refractivity contribution >= 4 is 22.8 Å². The van der Waals surface area contributed by atoms with Crippen LogP contribution in [0.15, 0.2) is 12.3 Å². The summed E-state index contributed by atoms with van der Waals surface area (Å²) in [4.78, 5) is 11.7. The fourth-order valence-electron chi connectivity index (χ4n) is 2.99. The second-order valence-electron chi connectivity index (χ2n) is 5.85. The normalized spacial score (nSPS) is 19.6. The number of nitrogens with zero attached hydrogens (tertiary/aromatic N) is 4. The van der Waals surface area contributed by atoms with Crippen LogP contribution in [-0.4, -0.2) is 39.6 Å². The molecule has 3 heterocycles. The Kier molecular flexibility index (Phi) is 3.69. The van der Waals surface area contributed by atoms with Gasteiger partial charge in [-0.25, -0.2) is 9.97 Å². The molecule has 0 spiro atoms. The molecule has 0 aliphatic carbocycles. The predicted molar refractivity (Wildman–Crippen MR) is 82.3 cm³/mol. The van der Waals surface area contributed by atoms with E-state index in [1.165, 1.54) is 0 Å².